The highest BCUT2D eigenvalue weighted by atomic mass is 16.6. The number of likely N-dealkylation sites (N-methyl/N-ethyl adjacent to an activating group) is 1. The van der Waals surface area contributed by atoms with Crippen molar-refractivity contribution in [3.05, 3.63) is 35.9 Å². The normalized spacial score (nSPS) is 13.4. The van der Waals surface area contributed by atoms with Gasteiger partial charge in [0.2, 0.25) is 0 Å². The van der Waals surface area contributed by atoms with Crippen LogP contribution in [0, 0.1) is 0 Å². The molecule has 19 heavy (non-hydrogen) atoms. The van der Waals surface area contributed by atoms with E-state index in [1.54, 1.807) is 12.1 Å². The van der Waals surface area contributed by atoms with Gasteiger partial charge in [-0.3, -0.25) is 4.90 Å². The van der Waals surface area contributed by atoms with Crippen LogP contribution >= 0.6 is 0 Å². The Bertz CT molecular complexity index is 432. The van der Waals surface area contributed by atoms with Gasteiger partial charge in [0.05, 0.1) is 6.10 Å². The van der Waals surface area contributed by atoms with Gasteiger partial charge in [-0.2, -0.15) is 0 Å². The highest BCUT2D eigenvalue weighted by Crippen LogP contribution is 2.07. The average Bonchev–Trinajstić information content (AvgIpc) is 2.36. The maximum absolute atomic E-state index is 11.7. The molecule has 0 spiro atoms. The van der Waals surface area contributed by atoms with E-state index in [0.717, 1.165) is 10.5 Å². The van der Waals surface area contributed by atoms with Gasteiger partial charge >= 0.3 is 12.1 Å². The SMILES string of the molecule is C[C@@H](O)[C@H](C(=O)O)N(C)C(=O)OCc1ccccc1. The number of nitrogens with zero attached hydrogens (tertiary/aromatic N) is 1. The van der Waals surface area contributed by atoms with Crippen molar-refractivity contribution in [3.63, 3.8) is 0 Å². The first-order valence-electron chi connectivity index (χ1n) is 5.78. The first kappa shape index (κ1) is 15.0. The Labute approximate surface area is 111 Å². The molecule has 1 amide bonds. The Morgan fingerprint density at radius 1 is 1.32 bits per heavy atom. The number of amides is 1. The number of aliphatic hydroxyl groups is 1. The second kappa shape index (κ2) is 6.75. The topological polar surface area (TPSA) is 87.1 Å². The standard InChI is InChI=1S/C13H17NO5/c1-9(15)11(12(16)17)14(2)13(18)19-8-10-6-4-3-5-7-10/h3-7,9,11,15H,8H2,1-2H3,(H,16,17)/t9-,11-/m1/s1. The summed E-state index contributed by atoms with van der Waals surface area (Å²) in [5.74, 6) is -1.28. The highest BCUT2D eigenvalue weighted by Gasteiger charge is 2.31. The van der Waals surface area contributed by atoms with Crippen LogP contribution in [0.4, 0.5) is 4.79 Å². The molecule has 0 aromatic heterocycles. The quantitative estimate of drug-likeness (QED) is 0.833. The number of benzene rings is 1. The molecule has 6 heteroatoms. The zero-order valence-corrected chi connectivity index (χ0v) is 10.8. The van der Waals surface area contributed by atoms with Gasteiger partial charge in [0, 0.05) is 7.05 Å². The lowest BCUT2D eigenvalue weighted by molar-refractivity contribution is -0.146. The number of carboxylic acid groups (broad SMARTS) is 1. The smallest absolute Gasteiger partial charge is 0.410 e. The Kier molecular flexibility index (Phi) is 5.32. The molecule has 104 valence electrons. The summed E-state index contributed by atoms with van der Waals surface area (Å²) >= 11 is 0. The van der Waals surface area contributed by atoms with Crippen LogP contribution in [0.2, 0.25) is 0 Å². The van der Waals surface area contributed by atoms with E-state index in [1.807, 2.05) is 18.2 Å². The largest absolute Gasteiger partial charge is 0.480 e. The fraction of sp³-hybridized carbons (Fsp3) is 0.385. The van der Waals surface area contributed by atoms with E-state index in [9.17, 15) is 14.7 Å². The van der Waals surface area contributed by atoms with E-state index in [0.29, 0.717) is 0 Å². The summed E-state index contributed by atoms with van der Waals surface area (Å²) in [7, 11) is 1.28. The minimum atomic E-state index is -1.33. The molecule has 0 aliphatic carbocycles. The fourth-order valence-electron chi connectivity index (χ4n) is 1.63. The molecule has 0 aliphatic heterocycles. The first-order valence-corrected chi connectivity index (χ1v) is 5.78. The molecule has 0 saturated carbocycles. The number of rotatable bonds is 5. The van der Waals surface area contributed by atoms with Crippen LogP contribution in [-0.2, 0) is 16.1 Å². The molecule has 6 nitrogen and oxygen atoms in total. The van der Waals surface area contributed by atoms with Crippen molar-refractivity contribution in [1.29, 1.82) is 0 Å². The Morgan fingerprint density at radius 2 is 1.89 bits per heavy atom. The van der Waals surface area contributed by atoms with Crippen LogP contribution in [0.25, 0.3) is 0 Å². The van der Waals surface area contributed by atoms with E-state index in [4.69, 9.17) is 9.84 Å². The van der Waals surface area contributed by atoms with Crippen molar-refractivity contribution < 1.29 is 24.5 Å². The van der Waals surface area contributed by atoms with E-state index < -0.39 is 24.2 Å². The minimum absolute atomic E-state index is 0.0517. The Balaban J connectivity index is 2.59. The molecule has 0 unspecified atom stereocenters. The van der Waals surface area contributed by atoms with Crippen molar-refractivity contribution in [2.75, 3.05) is 7.05 Å². The molecule has 1 rings (SSSR count). The van der Waals surface area contributed by atoms with E-state index in [-0.39, 0.29) is 6.61 Å². The van der Waals surface area contributed by atoms with Gasteiger partial charge in [-0.15, -0.1) is 0 Å². The molecule has 0 bridgehead atoms. The summed E-state index contributed by atoms with van der Waals surface area (Å²) in [4.78, 5) is 23.5. The van der Waals surface area contributed by atoms with Crippen LogP contribution in [0.3, 0.4) is 0 Å². The Morgan fingerprint density at radius 3 is 2.37 bits per heavy atom. The molecular formula is C13H17NO5. The zero-order valence-electron chi connectivity index (χ0n) is 10.8. The van der Waals surface area contributed by atoms with E-state index in [2.05, 4.69) is 0 Å². The summed E-state index contributed by atoms with van der Waals surface area (Å²) in [6, 6.07) is 7.70. The fourth-order valence-corrected chi connectivity index (χ4v) is 1.63. The lowest BCUT2D eigenvalue weighted by Crippen LogP contribution is -2.48. The second-order valence-corrected chi connectivity index (χ2v) is 4.17. The van der Waals surface area contributed by atoms with Gasteiger partial charge in [0.1, 0.15) is 6.61 Å². The van der Waals surface area contributed by atoms with Gasteiger partial charge < -0.3 is 14.9 Å². The van der Waals surface area contributed by atoms with Gasteiger partial charge in [-0.05, 0) is 12.5 Å². The predicted octanol–water partition coefficient (Wildman–Crippen LogP) is 1.09. The molecule has 1 aromatic rings. The molecule has 1 aromatic carbocycles. The second-order valence-electron chi connectivity index (χ2n) is 4.17. The molecule has 0 aliphatic rings. The number of carbonyl (C=O) groups excluding carboxylic acids is 1. The molecule has 0 heterocycles. The van der Waals surface area contributed by atoms with Crippen LogP contribution in [0.1, 0.15) is 12.5 Å². The number of aliphatic carboxylic acids is 1. The number of aliphatic hydroxyl groups excluding tert-OH is 1. The van der Waals surface area contributed by atoms with Gasteiger partial charge in [0.25, 0.3) is 0 Å². The molecule has 0 radical (unpaired) electrons. The number of carbonyl (C=O) groups is 2. The minimum Gasteiger partial charge on any atom is -0.480 e. The van der Waals surface area contributed by atoms with Gasteiger partial charge in [0.15, 0.2) is 6.04 Å². The van der Waals surface area contributed by atoms with Crippen molar-refractivity contribution in [1.82, 2.24) is 4.90 Å². The average molecular weight is 267 g/mol. The number of ether oxygens (including phenoxy) is 1. The van der Waals surface area contributed by atoms with E-state index >= 15 is 0 Å². The van der Waals surface area contributed by atoms with Crippen molar-refractivity contribution in [2.45, 2.75) is 25.7 Å². The molecule has 0 saturated heterocycles. The highest BCUT2D eigenvalue weighted by molar-refractivity contribution is 5.80. The number of hydrogen-bond acceptors (Lipinski definition) is 4. The van der Waals surface area contributed by atoms with Crippen molar-refractivity contribution >= 4 is 12.1 Å². The third-order valence-electron chi connectivity index (χ3n) is 2.62. The summed E-state index contributed by atoms with van der Waals surface area (Å²) in [6.07, 6.45) is -1.98. The molecule has 2 N–H and O–H groups in total. The summed E-state index contributed by atoms with van der Waals surface area (Å²) in [6.45, 7) is 1.36. The Hall–Kier alpha value is -2.08. The molecule has 2 atom stereocenters. The lowest BCUT2D eigenvalue weighted by Gasteiger charge is -2.26. The monoisotopic (exact) mass is 267 g/mol. The van der Waals surface area contributed by atoms with Crippen molar-refractivity contribution in [3.8, 4) is 0 Å². The molecular weight excluding hydrogens is 250 g/mol. The van der Waals surface area contributed by atoms with Gasteiger partial charge in [-0.1, -0.05) is 30.3 Å². The zero-order chi connectivity index (χ0) is 14.4. The third-order valence-corrected chi connectivity index (χ3v) is 2.62. The third kappa shape index (κ3) is 4.26. The van der Waals surface area contributed by atoms with Crippen LogP contribution < -0.4 is 0 Å². The summed E-state index contributed by atoms with van der Waals surface area (Å²) < 4.78 is 4.98. The van der Waals surface area contributed by atoms with Crippen LogP contribution in [0.5, 0.6) is 0 Å². The predicted molar refractivity (Wildman–Crippen MR) is 67.5 cm³/mol. The van der Waals surface area contributed by atoms with Crippen LogP contribution in [0.15, 0.2) is 30.3 Å². The maximum atomic E-state index is 11.7. The van der Waals surface area contributed by atoms with Crippen molar-refractivity contribution in [2.24, 2.45) is 0 Å². The summed E-state index contributed by atoms with van der Waals surface area (Å²) in [5.41, 5.74) is 0.799. The van der Waals surface area contributed by atoms with Crippen LogP contribution in [-0.4, -0.2) is 46.4 Å². The number of hydrogen-bond donors (Lipinski definition) is 2. The first-order chi connectivity index (χ1) is 8.93. The maximum Gasteiger partial charge on any atom is 0.410 e. The van der Waals surface area contributed by atoms with E-state index in [1.165, 1.54) is 14.0 Å². The lowest BCUT2D eigenvalue weighted by atomic mass is 10.1. The molecule has 0 fully saturated rings. The number of carboxylic acids is 1. The van der Waals surface area contributed by atoms with Gasteiger partial charge in [-0.25, -0.2) is 9.59 Å². The summed E-state index contributed by atoms with van der Waals surface area (Å²) in [5, 5.41) is 18.3.